The number of methoxy groups -OCH3 is 3. The third-order valence-corrected chi connectivity index (χ3v) is 3.69. The number of hydrogen-bond donors (Lipinski definition) is 2. The van der Waals surface area contributed by atoms with Crippen LogP contribution in [-0.4, -0.2) is 40.9 Å². The summed E-state index contributed by atoms with van der Waals surface area (Å²) in [5.41, 5.74) is 0.828. The van der Waals surface area contributed by atoms with Crippen LogP contribution in [0, 0.1) is 5.92 Å². The number of anilines is 1. The summed E-state index contributed by atoms with van der Waals surface area (Å²) in [6, 6.07) is 3.71. The van der Waals surface area contributed by atoms with Crippen LogP contribution in [0.4, 0.5) is 5.69 Å². The van der Waals surface area contributed by atoms with E-state index in [4.69, 9.17) is 14.2 Å². The molecule has 23 heavy (non-hydrogen) atoms. The summed E-state index contributed by atoms with van der Waals surface area (Å²) in [6.45, 7) is 0.925. The van der Waals surface area contributed by atoms with Crippen LogP contribution in [0.25, 0.3) is 0 Å². The van der Waals surface area contributed by atoms with Crippen molar-refractivity contribution in [2.45, 2.75) is 19.3 Å². The minimum absolute atomic E-state index is 0. The molecule has 1 aliphatic rings. The second-order valence-corrected chi connectivity index (χ2v) is 5.27. The monoisotopic (exact) mass is 435 g/mol. The van der Waals surface area contributed by atoms with E-state index in [1.807, 2.05) is 12.1 Å². The highest BCUT2D eigenvalue weighted by atomic mass is 127. The van der Waals surface area contributed by atoms with Crippen LogP contribution >= 0.6 is 24.0 Å². The van der Waals surface area contributed by atoms with Crippen LogP contribution in [0.5, 0.6) is 17.2 Å². The van der Waals surface area contributed by atoms with Gasteiger partial charge in [0.1, 0.15) is 0 Å². The number of guanidine groups is 1. The summed E-state index contributed by atoms with van der Waals surface area (Å²) >= 11 is 0. The normalized spacial score (nSPS) is 13.8. The zero-order valence-corrected chi connectivity index (χ0v) is 16.5. The van der Waals surface area contributed by atoms with Gasteiger partial charge in [0.15, 0.2) is 17.5 Å². The number of hydrogen-bond acceptors (Lipinski definition) is 4. The van der Waals surface area contributed by atoms with Crippen molar-refractivity contribution < 1.29 is 14.2 Å². The summed E-state index contributed by atoms with van der Waals surface area (Å²) in [5, 5.41) is 6.57. The van der Waals surface area contributed by atoms with Gasteiger partial charge in [-0.1, -0.05) is 12.8 Å². The fourth-order valence-electron chi connectivity index (χ4n) is 2.27. The van der Waals surface area contributed by atoms with Gasteiger partial charge in [-0.2, -0.15) is 0 Å². The zero-order valence-electron chi connectivity index (χ0n) is 14.1. The van der Waals surface area contributed by atoms with Crippen molar-refractivity contribution in [3.05, 3.63) is 12.1 Å². The lowest BCUT2D eigenvalue weighted by molar-refractivity contribution is 0.324. The van der Waals surface area contributed by atoms with E-state index in [2.05, 4.69) is 15.6 Å². The Hall–Kier alpha value is -1.38. The molecule has 1 aliphatic carbocycles. The Morgan fingerprint density at radius 1 is 1.13 bits per heavy atom. The van der Waals surface area contributed by atoms with Crippen LogP contribution < -0.4 is 24.8 Å². The van der Waals surface area contributed by atoms with E-state index >= 15 is 0 Å². The molecule has 130 valence electrons. The first kappa shape index (κ1) is 19.7. The molecule has 0 spiro atoms. The standard InChI is InChI=1S/C16H25N3O3.HI/c1-17-16(18-8-7-11-5-6-11)19-12-9-13(20-2)15(22-4)14(10-12)21-3;/h9-11H,5-8H2,1-4H3,(H2,17,18,19);1H. The van der Waals surface area contributed by atoms with Crippen molar-refractivity contribution in [1.82, 2.24) is 5.32 Å². The Bertz CT molecular complexity index is 508. The lowest BCUT2D eigenvalue weighted by Crippen LogP contribution is -2.31. The third-order valence-electron chi connectivity index (χ3n) is 3.69. The zero-order chi connectivity index (χ0) is 15.9. The molecule has 2 rings (SSSR count). The quantitative estimate of drug-likeness (QED) is 0.392. The Balaban J connectivity index is 0.00000264. The molecule has 6 nitrogen and oxygen atoms in total. The predicted octanol–water partition coefficient (Wildman–Crippen LogP) is 3.12. The maximum atomic E-state index is 5.35. The van der Waals surface area contributed by atoms with Crippen LogP contribution in [0.3, 0.4) is 0 Å². The third kappa shape index (κ3) is 5.63. The van der Waals surface area contributed by atoms with Crippen LogP contribution in [0.2, 0.25) is 0 Å². The molecule has 0 atom stereocenters. The first-order valence-corrected chi connectivity index (χ1v) is 7.49. The van der Waals surface area contributed by atoms with E-state index in [-0.39, 0.29) is 24.0 Å². The number of ether oxygens (including phenoxy) is 3. The van der Waals surface area contributed by atoms with Gasteiger partial charge in [0, 0.05) is 31.4 Å². The fraction of sp³-hybridized carbons (Fsp3) is 0.562. The molecule has 0 bridgehead atoms. The second kappa shape index (κ2) is 9.69. The van der Waals surface area contributed by atoms with Gasteiger partial charge in [-0.25, -0.2) is 0 Å². The highest BCUT2D eigenvalue weighted by molar-refractivity contribution is 14.0. The number of nitrogens with zero attached hydrogens (tertiary/aromatic N) is 1. The molecule has 0 aromatic heterocycles. The van der Waals surface area contributed by atoms with Crippen molar-refractivity contribution >= 4 is 35.6 Å². The number of nitrogens with one attached hydrogen (secondary N) is 2. The second-order valence-electron chi connectivity index (χ2n) is 5.27. The van der Waals surface area contributed by atoms with Crippen LogP contribution in [0.1, 0.15) is 19.3 Å². The molecule has 1 fully saturated rings. The molecule has 0 aliphatic heterocycles. The highest BCUT2D eigenvalue weighted by Crippen LogP contribution is 2.39. The molecule has 0 amide bonds. The first-order chi connectivity index (χ1) is 10.7. The molecular formula is C16H26IN3O3. The van der Waals surface area contributed by atoms with Crippen molar-refractivity contribution in [1.29, 1.82) is 0 Å². The molecule has 1 aromatic carbocycles. The molecule has 0 saturated heterocycles. The summed E-state index contributed by atoms with van der Waals surface area (Å²) in [4.78, 5) is 4.24. The minimum Gasteiger partial charge on any atom is -0.493 e. The average molecular weight is 435 g/mol. The fourth-order valence-corrected chi connectivity index (χ4v) is 2.27. The van der Waals surface area contributed by atoms with Gasteiger partial charge in [0.2, 0.25) is 5.75 Å². The Kier molecular flexibility index (Phi) is 8.29. The van der Waals surface area contributed by atoms with Crippen molar-refractivity contribution in [3.8, 4) is 17.2 Å². The number of aliphatic imine (C=N–C) groups is 1. The molecule has 1 aromatic rings. The van der Waals surface area contributed by atoms with E-state index < -0.39 is 0 Å². The van der Waals surface area contributed by atoms with Gasteiger partial charge < -0.3 is 24.8 Å². The van der Waals surface area contributed by atoms with Gasteiger partial charge in [-0.15, -0.1) is 24.0 Å². The molecule has 2 N–H and O–H groups in total. The summed E-state index contributed by atoms with van der Waals surface area (Å²) < 4.78 is 16.0. The van der Waals surface area contributed by atoms with E-state index in [0.717, 1.165) is 24.1 Å². The van der Waals surface area contributed by atoms with Crippen molar-refractivity contribution in [2.24, 2.45) is 10.9 Å². The highest BCUT2D eigenvalue weighted by Gasteiger charge is 2.20. The topological polar surface area (TPSA) is 64.1 Å². The molecule has 0 heterocycles. The molecule has 7 heteroatoms. The van der Waals surface area contributed by atoms with E-state index in [1.54, 1.807) is 28.4 Å². The maximum Gasteiger partial charge on any atom is 0.203 e. The largest absolute Gasteiger partial charge is 0.493 e. The van der Waals surface area contributed by atoms with Gasteiger partial charge in [-0.3, -0.25) is 4.99 Å². The first-order valence-electron chi connectivity index (χ1n) is 7.49. The SMILES string of the molecule is CN=C(NCCC1CC1)Nc1cc(OC)c(OC)c(OC)c1.I. The molecule has 0 radical (unpaired) electrons. The van der Waals surface area contributed by atoms with Crippen LogP contribution in [0.15, 0.2) is 17.1 Å². The van der Waals surface area contributed by atoms with Crippen molar-refractivity contribution in [2.75, 3.05) is 40.2 Å². The summed E-state index contributed by atoms with van der Waals surface area (Å²) in [7, 11) is 6.55. The van der Waals surface area contributed by atoms with Gasteiger partial charge in [-0.05, 0) is 12.3 Å². The lowest BCUT2D eigenvalue weighted by atomic mass is 10.2. The van der Waals surface area contributed by atoms with Gasteiger partial charge in [0.25, 0.3) is 0 Å². The summed E-state index contributed by atoms with van der Waals surface area (Å²) in [5.74, 6) is 3.42. The molecular weight excluding hydrogens is 409 g/mol. The van der Waals surface area contributed by atoms with Crippen LogP contribution in [-0.2, 0) is 0 Å². The molecule has 0 unspecified atom stereocenters. The predicted molar refractivity (Wildman–Crippen MR) is 104 cm³/mol. The lowest BCUT2D eigenvalue weighted by Gasteiger charge is -2.16. The number of rotatable bonds is 7. The number of benzene rings is 1. The van der Waals surface area contributed by atoms with E-state index in [1.165, 1.54) is 19.3 Å². The molecule has 1 saturated carbocycles. The van der Waals surface area contributed by atoms with Gasteiger partial charge >= 0.3 is 0 Å². The van der Waals surface area contributed by atoms with Crippen molar-refractivity contribution in [3.63, 3.8) is 0 Å². The Labute approximate surface area is 155 Å². The van der Waals surface area contributed by atoms with E-state index in [9.17, 15) is 0 Å². The smallest absolute Gasteiger partial charge is 0.203 e. The maximum absolute atomic E-state index is 5.35. The minimum atomic E-state index is 0. The number of halogens is 1. The summed E-state index contributed by atoms with van der Waals surface area (Å²) in [6.07, 6.45) is 3.91. The Morgan fingerprint density at radius 2 is 1.74 bits per heavy atom. The van der Waals surface area contributed by atoms with E-state index in [0.29, 0.717) is 17.2 Å². The van der Waals surface area contributed by atoms with Gasteiger partial charge in [0.05, 0.1) is 21.3 Å². The average Bonchev–Trinajstić information content (AvgIpc) is 3.37. The Morgan fingerprint density at radius 3 is 2.17 bits per heavy atom.